The summed E-state index contributed by atoms with van der Waals surface area (Å²) in [5, 5.41) is 3.38. The number of fused-ring (bicyclic) bond motifs is 1. The Morgan fingerprint density at radius 3 is 2.37 bits per heavy atom. The largest absolute Gasteiger partial charge is 0.337 e. The third-order valence-corrected chi connectivity index (χ3v) is 6.20. The molecule has 5 heteroatoms. The van der Waals surface area contributed by atoms with Crippen LogP contribution >= 0.6 is 0 Å². The zero-order valence-electron chi connectivity index (χ0n) is 17.0. The third-order valence-electron chi connectivity index (χ3n) is 6.20. The summed E-state index contributed by atoms with van der Waals surface area (Å²) in [5.74, 6) is 1.21. The van der Waals surface area contributed by atoms with Gasteiger partial charge in [0.15, 0.2) is 0 Å². The van der Waals surface area contributed by atoms with Crippen LogP contribution in [0.4, 0.5) is 0 Å². The molecule has 2 aromatic carbocycles. The number of nitrogens with one attached hydrogen (secondary N) is 1. The highest BCUT2D eigenvalue weighted by Gasteiger charge is 2.31. The van der Waals surface area contributed by atoms with E-state index in [0.717, 1.165) is 54.1 Å². The number of benzene rings is 2. The quantitative estimate of drug-likeness (QED) is 0.733. The summed E-state index contributed by atoms with van der Waals surface area (Å²) >= 11 is 0. The molecule has 0 aliphatic carbocycles. The van der Waals surface area contributed by atoms with Gasteiger partial charge in [0.25, 0.3) is 0 Å². The van der Waals surface area contributed by atoms with E-state index in [1.54, 1.807) is 0 Å². The molecular weight excluding hydrogens is 372 g/mol. The fourth-order valence-electron chi connectivity index (χ4n) is 4.54. The van der Waals surface area contributed by atoms with Crippen molar-refractivity contribution in [3.8, 4) is 0 Å². The van der Waals surface area contributed by atoms with E-state index in [9.17, 15) is 4.79 Å². The molecule has 1 amide bonds. The fourth-order valence-corrected chi connectivity index (χ4v) is 4.54. The second kappa shape index (κ2) is 8.36. The highest BCUT2D eigenvalue weighted by molar-refractivity contribution is 5.87. The van der Waals surface area contributed by atoms with Crippen LogP contribution in [0.15, 0.2) is 66.9 Å². The lowest BCUT2D eigenvalue weighted by Gasteiger charge is -2.32. The predicted molar refractivity (Wildman–Crippen MR) is 116 cm³/mol. The van der Waals surface area contributed by atoms with Crippen LogP contribution in [0.2, 0.25) is 0 Å². The first-order valence-electron chi connectivity index (χ1n) is 10.7. The van der Waals surface area contributed by atoms with Crippen molar-refractivity contribution in [2.75, 3.05) is 19.6 Å². The van der Waals surface area contributed by atoms with Crippen LogP contribution in [0.1, 0.15) is 46.5 Å². The molecule has 0 bridgehead atoms. The van der Waals surface area contributed by atoms with Crippen molar-refractivity contribution < 1.29 is 4.79 Å². The Hall–Kier alpha value is -3.05. The summed E-state index contributed by atoms with van der Waals surface area (Å²) in [7, 11) is 0. The van der Waals surface area contributed by atoms with Gasteiger partial charge in [0.2, 0.25) is 5.91 Å². The van der Waals surface area contributed by atoms with Crippen molar-refractivity contribution in [3.63, 3.8) is 0 Å². The molecule has 152 valence electrons. The molecule has 1 saturated heterocycles. The smallest absolute Gasteiger partial charge is 0.234 e. The molecule has 1 N–H and O–H groups in total. The van der Waals surface area contributed by atoms with Gasteiger partial charge in [0.1, 0.15) is 5.82 Å². The first-order chi connectivity index (χ1) is 14.8. The third kappa shape index (κ3) is 3.73. The summed E-state index contributed by atoms with van der Waals surface area (Å²) < 4.78 is 0. The Bertz CT molecular complexity index is 976. The predicted octanol–water partition coefficient (Wildman–Crippen LogP) is 3.27. The number of hydrogen-bond acceptors (Lipinski definition) is 4. The van der Waals surface area contributed by atoms with E-state index in [-0.39, 0.29) is 11.8 Å². The number of amides is 1. The van der Waals surface area contributed by atoms with Crippen LogP contribution in [0.3, 0.4) is 0 Å². The van der Waals surface area contributed by atoms with E-state index in [2.05, 4.69) is 10.3 Å². The number of carbonyl (C=O) groups excluding carboxylic acids is 1. The van der Waals surface area contributed by atoms with Crippen molar-refractivity contribution >= 4 is 5.91 Å². The van der Waals surface area contributed by atoms with E-state index in [1.165, 1.54) is 0 Å². The summed E-state index contributed by atoms with van der Waals surface area (Å²) in [6.07, 6.45) is 3.82. The van der Waals surface area contributed by atoms with Gasteiger partial charge in [-0.15, -0.1) is 0 Å². The average Bonchev–Trinajstić information content (AvgIpc) is 3.35. The maximum Gasteiger partial charge on any atom is 0.234 e. The summed E-state index contributed by atoms with van der Waals surface area (Å²) in [4.78, 5) is 25.1. The standard InChI is InChI=1S/C25H26N4O/c30-25(23(18-7-3-1-4-8-18)19-9-5-2-6-10-19)29-14-12-22-21(17-29)16-27-24(28-22)20-11-13-26-15-20/h1-10,16,20,23,26H,11-15,17H2/t20-/m0/s1. The SMILES string of the molecule is O=C(C(c1ccccc1)c1ccccc1)N1CCc2nc([C@H]3CCNC3)ncc2C1. The van der Waals surface area contributed by atoms with Crippen molar-refractivity contribution in [2.24, 2.45) is 0 Å². The molecule has 3 aromatic rings. The van der Waals surface area contributed by atoms with E-state index in [4.69, 9.17) is 4.98 Å². The van der Waals surface area contributed by atoms with Crippen molar-refractivity contribution in [2.45, 2.75) is 31.2 Å². The van der Waals surface area contributed by atoms with E-state index in [1.807, 2.05) is 71.8 Å². The number of rotatable bonds is 4. The molecule has 5 nitrogen and oxygen atoms in total. The van der Waals surface area contributed by atoms with Gasteiger partial charge in [-0.1, -0.05) is 60.7 Å². The highest BCUT2D eigenvalue weighted by Crippen LogP contribution is 2.29. The van der Waals surface area contributed by atoms with Gasteiger partial charge in [-0.3, -0.25) is 4.79 Å². The van der Waals surface area contributed by atoms with Crippen molar-refractivity contribution in [3.05, 3.63) is 95.1 Å². The van der Waals surface area contributed by atoms with Crippen LogP contribution in [-0.2, 0) is 17.8 Å². The minimum Gasteiger partial charge on any atom is -0.337 e. The van der Waals surface area contributed by atoms with E-state index < -0.39 is 0 Å². The average molecular weight is 399 g/mol. The minimum absolute atomic E-state index is 0.141. The molecule has 0 radical (unpaired) electrons. The normalized spacial score (nSPS) is 18.4. The van der Waals surface area contributed by atoms with Gasteiger partial charge < -0.3 is 10.2 Å². The molecule has 0 spiro atoms. The van der Waals surface area contributed by atoms with Gasteiger partial charge >= 0.3 is 0 Å². The number of carbonyl (C=O) groups is 1. The minimum atomic E-state index is -0.293. The fraction of sp³-hybridized carbons (Fsp3) is 0.320. The number of aromatic nitrogens is 2. The topological polar surface area (TPSA) is 58.1 Å². The van der Waals surface area contributed by atoms with Crippen LogP contribution in [0.5, 0.6) is 0 Å². The first-order valence-corrected chi connectivity index (χ1v) is 10.7. The Morgan fingerprint density at radius 2 is 1.73 bits per heavy atom. The summed E-state index contributed by atoms with van der Waals surface area (Å²) in [6.45, 7) is 3.27. The molecule has 2 aliphatic rings. The Morgan fingerprint density at radius 1 is 1.03 bits per heavy atom. The molecular formula is C25H26N4O. The van der Waals surface area contributed by atoms with Crippen LogP contribution in [-0.4, -0.2) is 40.4 Å². The monoisotopic (exact) mass is 398 g/mol. The van der Waals surface area contributed by atoms with Crippen molar-refractivity contribution in [1.82, 2.24) is 20.2 Å². The van der Waals surface area contributed by atoms with Crippen LogP contribution in [0, 0.1) is 0 Å². The second-order valence-electron chi connectivity index (χ2n) is 8.15. The summed E-state index contributed by atoms with van der Waals surface area (Å²) in [5.41, 5.74) is 4.23. The molecule has 0 unspecified atom stereocenters. The second-order valence-corrected chi connectivity index (χ2v) is 8.15. The molecule has 0 saturated carbocycles. The lowest BCUT2D eigenvalue weighted by molar-refractivity contribution is -0.132. The van der Waals surface area contributed by atoms with Crippen molar-refractivity contribution in [1.29, 1.82) is 0 Å². The van der Waals surface area contributed by atoms with E-state index in [0.29, 0.717) is 19.0 Å². The molecule has 1 fully saturated rings. The first kappa shape index (κ1) is 18.9. The number of hydrogen-bond donors (Lipinski definition) is 1. The Labute approximate surface area is 177 Å². The van der Waals surface area contributed by atoms with Gasteiger partial charge in [0, 0.05) is 43.7 Å². The summed E-state index contributed by atoms with van der Waals surface area (Å²) in [6, 6.07) is 20.1. The number of nitrogens with zero attached hydrogens (tertiary/aromatic N) is 3. The molecule has 1 aromatic heterocycles. The van der Waals surface area contributed by atoms with Crippen LogP contribution in [0.25, 0.3) is 0 Å². The Balaban J connectivity index is 1.40. The molecule has 30 heavy (non-hydrogen) atoms. The van der Waals surface area contributed by atoms with E-state index >= 15 is 0 Å². The highest BCUT2D eigenvalue weighted by atomic mass is 16.2. The van der Waals surface area contributed by atoms with Gasteiger partial charge in [-0.05, 0) is 24.1 Å². The van der Waals surface area contributed by atoms with Crippen LogP contribution < -0.4 is 5.32 Å². The molecule has 1 atom stereocenters. The van der Waals surface area contributed by atoms with Gasteiger partial charge in [0.05, 0.1) is 11.6 Å². The molecule has 5 rings (SSSR count). The molecule has 3 heterocycles. The Kier molecular flexibility index (Phi) is 5.28. The molecule has 2 aliphatic heterocycles. The maximum atomic E-state index is 13.7. The zero-order valence-corrected chi connectivity index (χ0v) is 17.0. The van der Waals surface area contributed by atoms with Gasteiger partial charge in [-0.2, -0.15) is 0 Å². The lowest BCUT2D eigenvalue weighted by Crippen LogP contribution is -2.40. The lowest BCUT2D eigenvalue weighted by atomic mass is 9.89. The zero-order chi connectivity index (χ0) is 20.3. The van der Waals surface area contributed by atoms with Gasteiger partial charge in [-0.25, -0.2) is 9.97 Å². The maximum absolute atomic E-state index is 13.7.